The van der Waals surface area contributed by atoms with E-state index < -0.39 is 0 Å². The molecule has 306 valence electrons. The molecule has 1 saturated heterocycles. The third kappa shape index (κ3) is 42.9. The van der Waals surface area contributed by atoms with Gasteiger partial charge >= 0.3 is 23.9 Å². The molecule has 0 bridgehead atoms. The molecule has 12 nitrogen and oxygen atoms in total. The minimum atomic E-state index is -0.297. The maximum absolute atomic E-state index is 11.9. The summed E-state index contributed by atoms with van der Waals surface area (Å²) in [5, 5.41) is 40.1. The molecule has 3 fully saturated rings. The topological polar surface area (TPSA) is 197 Å². The predicted molar refractivity (Wildman–Crippen MR) is 198 cm³/mol. The van der Waals surface area contributed by atoms with Crippen molar-refractivity contribution in [3.05, 3.63) is 0 Å². The van der Waals surface area contributed by atoms with Gasteiger partial charge in [0.25, 0.3) is 0 Å². The van der Waals surface area contributed by atoms with Crippen LogP contribution < -0.4 is 0 Å². The Kier molecular flexibility index (Phi) is 50.0. The van der Waals surface area contributed by atoms with E-state index in [1.807, 2.05) is 20.8 Å². The minimum Gasteiger partial charge on any atom is -0.465 e. The zero-order valence-electron chi connectivity index (χ0n) is 33.1. The fourth-order valence-electron chi connectivity index (χ4n) is 4.26. The van der Waals surface area contributed by atoms with Crippen molar-refractivity contribution in [2.24, 2.45) is 23.7 Å². The molecule has 3 rings (SSSR count). The largest absolute Gasteiger partial charge is 0.465 e. The second kappa shape index (κ2) is 41.4. The Morgan fingerprint density at radius 2 is 0.843 bits per heavy atom. The van der Waals surface area contributed by atoms with Crippen LogP contribution in [0.15, 0.2) is 0 Å². The number of ether oxygens (including phenoxy) is 3. The van der Waals surface area contributed by atoms with Gasteiger partial charge in [0.2, 0.25) is 0 Å². The second-order valence-corrected chi connectivity index (χ2v) is 13.2. The van der Waals surface area contributed by atoms with Gasteiger partial charge in [0.15, 0.2) is 0 Å². The van der Waals surface area contributed by atoms with Crippen LogP contribution in [0.3, 0.4) is 0 Å². The maximum Gasteiger partial charge on any atom is 0.317 e. The number of carbonyl (C=O) groups is 4. The molecule has 4 unspecified atom stereocenters. The predicted octanol–water partition coefficient (Wildman–Crippen LogP) is 6.15. The van der Waals surface area contributed by atoms with E-state index in [1.54, 1.807) is 55.4 Å². The summed E-state index contributed by atoms with van der Waals surface area (Å²) in [7, 11) is 0. The van der Waals surface area contributed by atoms with E-state index >= 15 is 0 Å². The van der Waals surface area contributed by atoms with Gasteiger partial charge in [-0.3, -0.25) is 19.2 Å². The first-order valence-corrected chi connectivity index (χ1v) is 18.3. The van der Waals surface area contributed by atoms with Crippen LogP contribution in [0.5, 0.6) is 0 Å². The van der Waals surface area contributed by atoms with Gasteiger partial charge in [0, 0.05) is 52.7 Å². The van der Waals surface area contributed by atoms with Crippen LogP contribution in [0.4, 0.5) is 0 Å². The molecule has 4 atom stereocenters. The van der Waals surface area contributed by atoms with Gasteiger partial charge in [-0.05, 0) is 100 Å². The summed E-state index contributed by atoms with van der Waals surface area (Å²) in [6.07, 6.45) is 9.10. The monoisotopic (exact) mass is 774 g/mol. The Morgan fingerprint density at radius 1 is 0.608 bits per heavy atom. The van der Waals surface area contributed by atoms with E-state index in [2.05, 4.69) is 4.74 Å². The van der Waals surface area contributed by atoms with Gasteiger partial charge < -0.3 is 39.7 Å². The Morgan fingerprint density at radius 3 is 1.06 bits per heavy atom. The van der Waals surface area contributed by atoms with Crippen molar-refractivity contribution >= 4 is 23.9 Å². The van der Waals surface area contributed by atoms with E-state index in [1.165, 1.54) is 0 Å². The van der Waals surface area contributed by atoms with Gasteiger partial charge in [-0.1, -0.05) is 53.9 Å². The number of fused-ring (bicyclic) bond motifs is 1. The number of carbonyl (C=O) groups excluding carboxylic acids is 4. The molecule has 5 N–H and O–H groups in total. The molecule has 2 aliphatic carbocycles. The van der Waals surface area contributed by atoms with Crippen LogP contribution in [0.1, 0.15) is 154 Å². The second-order valence-electron chi connectivity index (χ2n) is 13.2. The quantitative estimate of drug-likeness (QED) is 0.0858. The first-order valence-electron chi connectivity index (χ1n) is 18.3. The molecular formula is C38H78O12Ti. The SMILES string of the molecule is C.CC(C)O.CC(C)O.CC(C)O.CC(C)O.CCCO.CCCOC(=O)C1CCCCC1C(=O)OCCC.O=C1OC(=O)C2CCCCC12.[Ti]. The third-order valence-electron chi connectivity index (χ3n) is 6.06. The summed E-state index contributed by atoms with van der Waals surface area (Å²) in [4.78, 5) is 45.8. The molecule has 13 heteroatoms. The van der Waals surface area contributed by atoms with E-state index in [4.69, 9.17) is 35.0 Å². The van der Waals surface area contributed by atoms with Crippen LogP contribution >= 0.6 is 0 Å². The maximum atomic E-state index is 11.9. The molecular weight excluding hydrogens is 696 g/mol. The van der Waals surface area contributed by atoms with Gasteiger partial charge in [-0.15, -0.1) is 0 Å². The number of aliphatic hydroxyl groups is 5. The number of cyclic esters (lactones) is 2. The fraction of sp³-hybridized carbons (Fsp3) is 0.895. The molecule has 0 aromatic rings. The van der Waals surface area contributed by atoms with Crippen LogP contribution in [0, 0.1) is 23.7 Å². The molecule has 3 aliphatic rings. The van der Waals surface area contributed by atoms with E-state index in [0.29, 0.717) is 19.8 Å². The number of hydrogen-bond acceptors (Lipinski definition) is 12. The van der Waals surface area contributed by atoms with Gasteiger partial charge in [-0.2, -0.15) is 0 Å². The molecule has 1 heterocycles. The fourth-order valence-corrected chi connectivity index (χ4v) is 4.26. The van der Waals surface area contributed by atoms with Crippen molar-refractivity contribution in [2.75, 3.05) is 19.8 Å². The number of rotatable bonds is 7. The van der Waals surface area contributed by atoms with Gasteiger partial charge in [0.05, 0.1) is 36.9 Å². The number of hydrogen-bond donors (Lipinski definition) is 5. The molecule has 1 aliphatic heterocycles. The molecule has 0 aromatic heterocycles. The van der Waals surface area contributed by atoms with Crippen molar-refractivity contribution in [1.29, 1.82) is 0 Å². The van der Waals surface area contributed by atoms with E-state index in [-0.39, 0.29) is 101 Å². The van der Waals surface area contributed by atoms with E-state index in [9.17, 15) is 19.2 Å². The summed E-state index contributed by atoms with van der Waals surface area (Å²) < 4.78 is 14.9. The smallest absolute Gasteiger partial charge is 0.317 e. The van der Waals surface area contributed by atoms with Crippen molar-refractivity contribution in [1.82, 2.24) is 0 Å². The molecule has 0 amide bonds. The Labute approximate surface area is 325 Å². The summed E-state index contributed by atoms with van der Waals surface area (Å²) in [5.41, 5.74) is 0. The Bertz CT molecular complexity index is 719. The van der Waals surface area contributed by atoms with Crippen molar-refractivity contribution in [3.8, 4) is 0 Å². The zero-order chi connectivity index (χ0) is 38.9. The summed E-state index contributed by atoms with van der Waals surface area (Å²) >= 11 is 0. The third-order valence-corrected chi connectivity index (χ3v) is 6.06. The normalized spacial score (nSPS) is 19.6. The summed E-state index contributed by atoms with van der Waals surface area (Å²) in [6, 6.07) is 0. The van der Waals surface area contributed by atoms with Crippen molar-refractivity contribution in [2.45, 2.75) is 179 Å². The van der Waals surface area contributed by atoms with Crippen LogP contribution in [0.25, 0.3) is 0 Å². The van der Waals surface area contributed by atoms with Crippen LogP contribution in [-0.2, 0) is 55.1 Å². The Hall–Kier alpha value is -1.41. The van der Waals surface area contributed by atoms with Crippen molar-refractivity contribution < 1.29 is 80.6 Å². The first kappa shape index (κ1) is 61.6. The first-order chi connectivity index (χ1) is 22.8. The van der Waals surface area contributed by atoms with Crippen LogP contribution in [0.2, 0.25) is 0 Å². The van der Waals surface area contributed by atoms with Crippen LogP contribution in [-0.4, -0.2) is 93.6 Å². The molecule has 51 heavy (non-hydrogen) atoms. The summed E-state index contributed by atoms with van der Waals surface area (Å²) in [6.45, 7) is 20.8. The number of aliphatic hydroxyl groups excluding tert-OH is 5. The standard InChI is InChI=1S/C14H24O4.C8H10O3.5C3H8O.CH4.Ti/c1-3-9-17-13(15)11-7-5-6-8-12(11)14(16)18-10-4-2;9-7-5-3-1-2-4-6(5)8(10)11-7;4*1-3(2)4;1-2-3-4;;/h11-12H,3-10H2,1-2H3;5-6H,1-4H2;4*3-4H,1-2H3;4H,2-3H2,1H3;1H4;. The molecule has 0 spiro atoms. The molecule has 0 aromatic carbocycles. The van der Waals surface area contributed by atoms with E-state index in [0.717, 1.165) is 70.6 Å². The number of esters is 4. The average molecular weight is 775 g/mol. The minimum absolute atomic E-state index is 0. The van der Waals surface area contributed by atoms with Crippen molar-refractivity contribution in [3.63, 3.8) is 0 Å². The van der Waals surface area contributed by atoms with Gasteiger partial charge in [-0.25, -0.2) is 0 Å². The average Bonchev–Trinajstić information content (AvgIpc) is 3.31. The molecule has 2 saturated carbocycles. The molecule has 0 radical (unpaired) electrons. The van der Waals surface area contributed by atoms with Gasteiger partial charge in [0.1, 0.15) is 0 Å². The zero-order valence-corrected chi connectivity index (χ0v) is 34.7. The summed E-state index contributed by atoms with van der Waals surface area (Å²) in [5.74, 6) is -1.83. The Balaban J connectivity index is -0.000000131.